The summed E-state index contributed by atoms with van der Waals surface area (Å²) < 4.78 is 15.9. The van der Waals surface area contributed by atoms with Crippen LogP contribution in [-0.4, -0.2) is 33.2 Å². The predicted octanol–water partition coefficient (Wildman–Crippen LogP) is 4.73. The number of nitrogens with zero attached hydrogens (tertiary/aromatic N) is 1. The van der Waals surface area contributed by atoms with Gasteiger partial charge in [-0.3, -0.25) is 9.69 Å². The smallest absolute Gasteiger partial charge is 0.340 e. The number of rotatable bonds is 5. The van der Waals surface area contributed by atoms with Gasteiger partial charge >= 0.3 is 5.97 Å². The van der Waals surface area contributed by atoms with Gasteiger partial charge < -0.3 is 14.2 Å². The molecule has 4 rings (SSSR count). The number of hydrogen-bond donors (Lipinski definition) is 0. The van der Waals surface area contributed by atoms with Crippen LogP contribution in [0.15, 0.2) is 77.5 Å². The van der Waals surface area contributed by atoms with Crippen molar-refractivity contribution in [2.45, 2.75) is 6.92 Å². The molecule has 0 saturated heterocycles. The third-order valence-electron chi connectivity index (χ3n) is 5.53. The molecule has 162 valence electrons. The van der Waals surface area contributed by atoms with Gasteiger partial charge in [-0.05, 0) is 30.5 Å². The fourth-order valence-electron chi connectivity index (χ4n) is 4.05. The number of carbonyl (C=O) groups excluding carboxylic acids is 2. The molecule has 0 radical (unpaired) electrons. The molecular weight excluding hydrogens is 406 g/mol. The normalized spacial score (nSPS) is 14.9. The van der Waals surface area contributed by atoms with Crippen LogP contribution in [0.5, 0.6) is 11.5 Å². The van der Waals surface area contributed by atoms with Gasteiger partial charge in [0.2, 0.25) is 0 Å². The van der Waals surface area contributed by atoms with E-state index in [0.717, 1.165) is 10.8 Å². The number of benzene rings is 3. The Labute approximate surface area is 186 Å². The van der Waals surface area contributed by atoms with Gasteiger partial charge in [0.1, 0.15) is 0 Å². The SMILES string of the molecule is COC(=O)C1=C(C)N(c2cccc3ccccc23)C(=O)/C1=C\c1cccc(OC)c1OC. The molecule has 0 saturated carbocycles. The van der Waals surface area contributed by atoms with Gasteiger partial charge in [0.05, 0.1) is 38.2 Å². The zero-order chi connectivity index (χ0) is 22.8. The maximum absolute atomic E-state index is 13.7. The minimum absolute atomic E-state index is 0.218. The number of anilines is 1. The largest absolute Gasteiger partial charge is 0.493 e. The van der Waals surface area contributed by atoms with Crippen LogP contribution in [-0.2, 0) is 14.3 Å². The van der Waals surface area contributed by atoms with E-state index in [4.69, 9.17) is 14.2 Å². The van der Waals surface area contributed by atoms with Crippen molar-refractivity contribution in [3.05, 3.63) is 83.1 Å². The number of fused-ring (bicyclic) bond motifs is 1. The highest BCUT2D eigenvalue weighted by Crippen LogP contribution is 2.40. The maximum atomic E-state index is 13.7. The van der Waals surface area contributed by atoms with Gasteiger partial charge in [-0.2, -0.15) is 0 Å². The van der Waals surface area contributed by atoms with Gasteiger partial charge in [0, 0.05) is 16.6 Å². The Bertz CT molecular complexity index is 1280. The van der Waals surface area contributed by atoms with E-state index >= 15 is 0 Å². The van der Waals surface area contributed by atoms with Crippen LogP contribution in [0.3, 0.4) is 0 Å². The van der Waals surface area contributed by atoms with E-state index in [1.807, 2.05) is 42.5 Å². The summed E-state index contributed by atoms with van der Waals surface area (Å²) in [6.45, 7) is 1.75. The molecular formula is C26H23NO5. The highest BCUT2D eigenvalue weighted by atomic mass is 16.5. The second-order valence-electron chi connectivity index (χ2n) is 7.23. The molecule has 0 spiro atoms. The Balaban J connectivity index is 1.93. The van der Waals surface area contributed by atoms with E-state index in [-0.39, 0.29) is 17.1 Å². The average Bonchev–Trinajstić information content (AvgIpc) is 3.07. The number of esters is 1. The predicted molar refractivity (Wildman–Crippen MR) is 124 cm³/mol. The van der Waals surface area contributed by atoms with Crippen LogP contribution in [0.1, 0.15) is 12.5 Å². The number of hydrogen-bond acceptors (Lipinski definition) is 5. The van der Waals surface area contributed by atoms with Crippen molar-refractivity contribution in [2.24, 2.45) is 0 Å². The summed E-state index contributed by atoms with van der Waals surface area (Å²) in [7, 11) is 4.38. The molecule has 1 aliphatic heterocycles. The summed E-state index contributed by atoms with van der Waals surface area (Å²) in [6, 6.07) is 18.9. The summed E-state index contributed by atoms with van der Waals surface area (Å²) in [6.07, 6.45) is 1.64. The molecule has 6 heteroatoms. The Morgan fingerprint density at radius 3 is 2.34 bits per heavy atom. The van der Waals surface area contributed by atoms with Gasteiger partial charge in [-0.1, -0.05) is 48.5 Å². The zero-order valence-corrected chi connectivity index (χ0v) is 18.3. The summed E-state index contributed by atoms with van der Waals surface area (Å²) in [4.78, 5) is 28.0. The first-order chi connectivity index (χ1) is 15.5. The van der Waals surface area contributed by atoms with Crippen molar-refractivity contribution in [2.75, 3.05) is 26.2 Å². The van der Waals surface area contributed by atoms with E-state index in [9.17, 15) is 9.59 Å². The Morgan fingerprint density at radius 1 is 0.906 bits per heavy atom. The molecule has 32 heavy (non-hydrogen) atoms. The van der Waals surface area contributed by atoms with E-state index in [1.165, 1.54) is 14.2 Å². The molecule has 0 N–H and O–H groups in total. The van der Waals surface area contributed by atoms with Crippen molar-refractivity contribution in [1.29, 1.82) is 0 Å². The van der Waals surface area contributed by atoms with Crippen LogP contribution in [0.4, 0.5) is 5.69 Å². The van der Waals surface area contributed by atoms with E-state index in [0.29, 0.717) is 28.4 Å². The van der Waals surface area contributed by atoms with Crippen molar-refractivity contribution in [3.63, 3.8) is 0 Å². The lowest BCUT2D eigenvalue weighted by Gasteiger charge is -2.20. The Hall–Kier alpha value is -4.06. The van der Waals surface area contributed by atoms with Gasteiger partial charge in [-0.15, -0.1) is 0 Å². The highest BCUT2D eigenvalue weighted by Gasteiger charge is 2.38. The number of methoxy groups -OCH3 is 3. The van der Waals surface area contributed by atoms with Crippen molar-refractivity contribution < 1.29 is 23.8 Å². The van der Waals surface area contributed by atoms with Crippen LogP contribution in [0.2, 0.25) is 0 Å². The topological polar surface area (TPSA) is 65.1 Å². The zero-order valence-electron chi connectivity index (χ0n) is 18.3. The fourth-order valence-corrected chi connectivity index (χ4v) is 4.05. The summed E-state index contributed by atoms with van der Waals surface area (Å²) in [5.41, 5.74) is 2.27. The molecule has 0 fully saturated rings. The number of para-hydroxylation sites is 1. The molecule has 0 aromatic heterocycles. The standard InChI is InChI=1S/C26H23NO5/c1-16-23(26(29)32-4)20(15-18-11-8-14-22(30-2)24(18)31-3)25(28)27(16)21-13-7-10-17-9-5-6-12-19(17)21/h5-15H,1-4H3/b20-15-. The average molecular weight is 429 g/mol. The van der Waals surface area contributed by atoms with Crippen molar-refractivity contribution in [1.82, 2.24) is 0 Å². The first-order valence-corrected chi connectivity index (χ1v) is 10.1. The minimum atomic E-state index is -0.577. The number of allylic oxidation sites excluding steroid dienone is 1. The van der Waals surface area contributed by atoms with Crippen LogP contribution in [0.25, 0.3) is 16.8 Å². The van der Waals surface area contributed by atoms with Gasteiger partial charge in [0.25, 0.3) is 5.91 Å². The lowest BCUT2D eigenvalue weighted by Crippen LogP contribution is -2.24. The van der Waals surface area contributed by atoms with E-state index in [1.54, 1.807) is 43.2 Å². The summed E-state index contributed by atoms with van der Waals surface area (Å²) >= 11 is 0. The third-order valence-corrected chi connectivity index (χ3v) is 5.53. The van der Waals surface area contributed by atoms with E-state index in [2.05, 4.69) is 0 Å². The highest BCUT2D eigenvalue weighted by molar-refractivity contribution is 6.25. The van der Waals surface area contributed by atoms with Crippen LogP contribution in [0, 0.1) is 0 Å². The first kappa shape index (κ1) is 21.2. The second-order valence-corrected chi connectivity index (χ2v) is 7.23. The van der Waals surface area contributed by atoms with E-state index < -0.39 is 5.97 Å². The molecule has 0 unspecified atom stereocenters. The molecule has 1 aliphatic rings. The molecule has 6 nitrogen and oxygen atoms in total. The summed E-state index contributed by atoms with van der Waals surface area (Å²) in [5.74, 6) is 0.107. The third kappa shape index (κ3) is 3.39. The number of carbonyl (C=O) groups is 2. The monoisotopic (exact) mass is 429 g/mol. The van der Waals surface area contributed by atoms with Gasteiger partial charge in [0.15, 0.2) is 11.5 Å². The molecule has 0 bridgehead atoms. The van der Waals surface area contributed by atoms with Crippen molar-refractivity contribution >= 4 is 34.4 Å². The molecule has 1 heterocycles. The van der Waals surface area contributed by atoms with Crippen molar-refractivity contribution in [3.8, 4) is 11.5 Å². The second kappa shape index (κ2) is 8.59. The Kier molecular flexibility index (Phi) is 5.69. The molecule has 0 aliphatic carbocycles. The minimum Gasteiger partial charge on any atom is -0.493 e. The maximum Gasteiger partial charge on any atom is 0.340 e. The Morgan fingerprint density at radius 2 is 1.62 bits per heavy atom. The molecule has 0 atom stereocenters. The summed E-state index contributed by atoms with van der Waals surface area (Å²) in [5, 5.41) is 1.91. The lowest BCUT2D eigenvalue weighted by molar-refractivity contribution is -0.136. The quantitative estimate of drug-likeness (QED) is 0.433. The molecule has 1 amide bonds. The fraction of sp³-hybridized carbons (Fsp3) is 0.154. The lowest BCUT2D eigenvalue weighted by atomic mass is 10.0. The van der Waals surface area contributed by atoms with Crippen LogP contribution < -0.4 is 14.4 Å². The number of amides is 1. The van der Waals surface area contributed by atoms with Crippen LogP contribution >= 0.6 is 0 Å². The molecule has 3 aromatic rings. The first-order valence-electron chi connectivity index (χ1n) is 10.1. The number of ether oxygens (including phenoxy) is 3. The molecule has 3 aromatic carbocycles. The van der Waals surface area contributed by atoms with Gasteiger partial charge in [-0.25, -0.2) is 4.79 Å².